The molecule has 0 bridgehead atoms. The van der Waals surface area contributed by atoms with Gasteiger partial charge in [-0.25, -0.2) is 0 Å². The van der Waals surface area contributed by atoms with Crippen LogP contribution in [0.3, 0.4) is 0 Å². The summed E-state index contributed by atoms with van der Waals surface area (Å²) in [6.45, 7) is 3.01. The molecule has 0 amide bonds. The van der Waals surface area contributed by atoms with Crippen molar-refractivity contribution >= 4 is 0 Å². The smallest absolute Gasteiger partial charge is 0.0743 e. The topological polar surface area (TPSA) is 35.2 Å². The summed E-state index contributed by atoms with van der Waals surface area (Å²) in [6.07, 6.45) is 2.00. The van der Waals surface area contributed by atoms with Gasteiger partial charge in [0.1, 0.15) is 0 Å². The quantitative estimate of drug-likeness (QED) is 0.592. The number of hydrogen-bond acceptors (Lipinski definition) is 2. The van der Waals surface area contributed by atoms with E-state index in [-0.39, 0.29) is 32.7 Å². The summed E-state index contributed by atoms with van der Waals surface area (Å²) in [5.41, 5.74) is 4.49. The van der Waals surface area contributed by atoms with Crippen LogP contribution >= 0.6 is 0 Å². The van der Waals surface area contributed by atoms with Gasteiger partial charge in [-0.1, -0.05) is 0 Å². The van der Waals surface area contributed by atoms with E-state index in [1.54, 1.807) is 7.11 Å². The Bertz CT molecular complexity index is 189. The Balaban J connectivity index is 0. The number of methoxy groups -OCH3 is 1. The summed E-state index contributed by atoms with van der Waals surface area (Å²) in [5.74, 6) is 0.878. The van der Waals surface area contributed by atoms with Crippen molar-refractivity contribution in [3.8, 4) is 5.75 Å². The van der Waals surface area contributed by atoms with E-state index in [1.165, 1.54) is 0 Å². The molecule has 0 unspecified atom stereocenters. The first-order valence-electron chi connectivity index (χ1n) is 3.08. The van der Waals surface area contributed by atoms with E-state index < -0.39 is 0 Å². The fourth-order valence-electron chi connectivity index (χ4n) is 0.508. The number of nitrogens with two attached hydrogens (primary N) is 1. The van der Waals surface area contributed by atoms with Crippen molar-refractivity contribution in [2.45, 2.75) is 0 Å². The molecule has 0 heterocycles. The maximum atomic E-state index is 4.89. The van der Waals surface area contributed by atoms with E-state index in [1.807, 2.05) is 30.5 Å². The fraction of sp³-hybridized carbons (Fsp3) is 0.111. The number of hydrogen-bond donors (Lipinski definition) is 1. The van der Waals surface area contributed by atoms with Gasteiger partial charge >= 0.3 is 0 Å². The van der Waals surface area contributed by atoms with E-state index in [4.69, 9.17) is 4.74 Å². The van der Waals surface area contributed by atoms with Gasteiger partial charge in [0, 0.05) is 38.5 Å². The van der Waals surface area contributed by atoms with Crippen molar-refractivity contribution in [2.24, 2.45) is 5.73 Å². The van der Waals surface area contributed by atoms with Crippen LogP contribution in [0.5, 0.6) is 5.75 Å². The summed E-state index contributed by atoms with van der Waals surface area (Å²) in [6, 6.07) is 10.2. The normalized spacial score (nSPS) is 6.75. The average molecular weight is 238 g/mol. The van der Waals surface area contributed by atoms with Crippen LogP contribution in [0.2, 0.25) is 0 Å². The summed E-state index contributed by atoms with van der Waals surface area (Å²) < 4.78 is 4.89. The molecule has 0 fully saturated rings. The van der Waals surface area contributed by atoms with Gasteiger partial charge in [0.25, 0.3) is 0 Å². The van der Waals surface area contributed by atoms with Gasteiger partial charge in [0.2, 0.25) is 0 Å². The van der Waals surface area contributed by atoms with Crippen LogP contribution in [-0.4, -0.2) is 7.11 Å². The number of ether oxygens (including phenoxy) is 1. The predicted molar refractivity (Wildman–Crippen MR) is 44.9 cm³/mol. The first-order chi connectivity index (χ1) is 5.35. The summed E-state index contributed by atoms with van der Waals surface area (Å²) >= 11 is 0. The van der Waals surface area contributed by atoms with Crippen molar-refractivity contribution in [3.63, 3.8) is 0 Å². The molecule has 0 saturated heterocycles. The molecule has 0 atom stereocenters. The Morgan fingerprint density at radius 2 is 1.92 bits per heavy atom. The van der Waals surface area contributed by atoms with Crippen LogP contribution in [-0.2, 0) is 32.7 Å². The molecule has 0 spiro atoms. The molecular formula is C9H11NOY-2. The molecule has 1 aromatic carbocycles. The van der Waals surface area contributed by atoms with E-state index in [0.717, 1.165) is 5.75 Å². The largest absolute Gasteiger partial charge is 0.580 e. The third kappa shape index (κ3) is 7.77. The molecule has 0 aromatic heterocycles. The monoisotopic (exact) mass is 238 g/mol. The van der Waals surface area contributed by atoms with Crippen molar-refractivity contribution in [3.05, 3.63) is 43.1 Å². The molecule has 3 heteroatoms. The molecule has 0 saturated carbocycles. The summed E-state index contributed by atoms with van der Waals surface area (Å²) in [4.78, 5) is 0. The van der Waals surface area contributed by atoms with Gasteiger partial charge in [-0.05, 0) is 0 Å². The Morgan fingerprint density at radius 3 is 2.17 bits per heavy atom. The van der Waals surface area contributed by atoms with Gasteiger partial charge in [-0.2, -0.15) is 18.2 Å². The number of rotatable bonds is 1. The van der Waals surface area contributed by atoms with E-state index in [2.05, 4.69) is 18.4 Å². The maximum absolute atomic E-state index is 4.89. The average Bonchev–Trinajstić information content (AvgIpc) is 2.08. The second-order valence-electron chi connectivity index (χ2n) is 1.64. The SMILES string of the molecule is C=[C-]N.COc1cc[c-]cc1.[Y]. The van der Waals surface area contributed by atoms with Gasteiger partial charge in [-0.3, -0.25) is 6.58 Å². The third-order valence-electron chi connectivity index (χ3n) is 0.923. The molecule has 63 valence electrons. The van der Waals surface area contributed by atoms with E-state index >= 15 is 0 Å². The van der Waals surface area contributed by atoms with E-state index in [9.17, 15) is 0 Å². The number of benzene rings is 1. The minimum absolute atomic E-state index is 0. The molecule has 2 nitrogen and oxygen atoms in total. The van der Waals surface area contributed by atoms with Crippen molar-refractivity contribution in [2.75, 3.05) is 7.11 Å². The van der Waals surface area contributed by atoms with Gasteiger partial charge in [0.05, 0.1) is 7.11 Å². The van der Waals surface area contributed by atoms with E-state index in [0.29, 0.717) is 0 Å². The molecule has 12 heavy (non-hydrogen) atoms. The fourth-order valence-corrected chi connectivity index (χ4v) is 0.508. The molecule has 0 aliphatic heterocycles. The molecule has 1 rings (SSSR count). The second kappa shape index (κ2) is 10.7. The molecule has 0 aliphatic rings. The van der Waals surface area contributed by atoms with Crippen LogP contribution in [0.1, 0.15) is 0 Å². The zero-order valence-electron chi connectivity index (χ0n) is 7.08. The van der Waals surface area contributed by atoms with Crippen molar-refractivity contribution in [1.29, 1.82) is 0 Å². The van der Waals surface area contributed by atoms with Gasteiger partial charge in [-0.15, -0.1) is 12.1 Å². The Hall–Kier alpha value is -0.336. The molecule has 2 N–H and O–H groups in total. The van der Waals surface area contributed by atoms with Crippen LogP contribution in [0.4, 0.5) is 0 Å². The second-order valence-corrected chi connectivity index (χ2v) is 1.64. The summed E-state index contributed by atoms with van der Waals surface area (Å²) in [5, 5.41) is 0. The van der Waals surface area contributed by atoms with Crippen LogP contribution < -0.4 is 10.5 Å². The molecule has 1 radical (unpaired) electrons. The first kappa shape index (κ1) is 14.2. The zero-order valence-corrected chi connectivity index (χ0v) is 9.92. The van der Waals surface area contributed by atoms with Crippen LogP contribution in [0.25, 0.3) is 0 Å². The molecular weight excluding hydrogens is 227 g/mol. The van der Waals surface area contributed by atoms with Crippen molar-refractivity contribution in [1.82, 2.24) is 0 Å². The maximum Gasteiger partial charge on any atom is 0.0743 e. The van der Waals surface area contributed by atoms with Gasteiger partial charge in [0.15, 0.2) is 0 Å². The Morgan fingerprint density at radius 1 is 1.50 bits per heavy atom. The molecule has 0 aliphatic carbocycles. The third-order valence-corrected chi connectivity index (χ3v) is 0.923. The zero-order chi connectivity index (χ0) is 8.53. The standard InChI is InChI=1S/C7H7O.C2H4N.Y/c1-8-7-5-3-2-4-6-7;1-2-3;/h3-6H,1H3;1,3H2;/q2*-1;. The predicted octanol–water partition coefficient (Wildman–Crippen LogP) is 1.38. The minimum Gasteiger partial charge on any atom is -0.580 e. The molecule has 1 aromatic rings. The van der Waals surface area contributed by atoms with Crippen LogP contribution in [0, 0.1) is 12.3 Å². The Kier molecular flexibility index (Phi) is 12.6. The van der Waals surface area contributed by atoms with Crippen LogP contribution in [0.15, 0.2) is 30.8 Å². The minimum atomic E-state index is 0. The van der Waals surface area contributed by atoms with Gasteiger partial charge < -0.3 is 16.7 Å². The van der Waals surface area contributed by atoms with Crippen molar-refractivity contribution < 1.29 is 37.4 Å². The Labute approximate surface area is 98.7 Å². The first-order valence-corrected chi connectivity index (χ1v) is 3.08. The summed E-state index contributed by atoms with van der Waals surface area (Å²) in [7, 11) is 1.65.